The molecule has 0 saturated heterocycles. The zero-order valence-electron chi connectivity index (χ0n) is 11.5. The Labute approximate surface area is 118 Å². The molecule has 0 radical (unpaired) electrons. The van der Waals surface area contributed by atoms with E-state index in [9.17, 15) is 0 Å². The predicted molar refractivity (Wildman–Crippen MR) is 77.1 cm³/mol. The third-order valence-corrected chi connectivity index (χ3v) is 3.29. The smallest absolute Gasteiger partial charge is 0.141 e. The van der Waals surface area contributed by atoms with Gasteiger partial charge in [-0.1, -0.05) is 23.7 Å². The average molecular weight is 279 g/mol. The zero-order chi connectivity index (χ0) is 13.8. The first-order chi connectivity index (χ1) is 9.08. The predicted octanol–water partition coefficient (Wildman–Crippen LogP) is 3.36. The van der Waals surface area contributed by atoms with E-state index in [4.69, 9.17) is 11.6 Å². The van der Waals surface area contributed by atoms with E-state index >= 15 is 0 Å². The van der Waals surface area contributed by atoms with Gasteiger partial charge < -0.3 is 5.32 Å². The van der Waals surface area contributed by atoms with Crippen LogP contribution >= 0.6 is 11.6 Å². The summed E-state index contributed by atoms with van der Waals surface area (Å²) in [6, 6.07) is 8.43. The zero-order valence-corrected chi connectivity index (χ0v) is 12.2. The summed E-state index contributed by atoms with van der Waals surface area (Å²) >= 11 is 6.00. The fourth-order valence-electron chi connectivity index (χ4n) is 1.97. The molecule has 0 unspecified atom stereocenters. The lowest BCUT2D eigenvalue weighted by molar-refractivity contribution is 0.473. The highest BCUT2D eigenvalue weighted by atomic mass is 35.5. The Hall–Kier alpha value is -1.39. The molecule has 0 aliphatic heterocycles. The Morgan fingerprint density at radius 3 is 2.79 bits per heavy atom. The molecule has 1 atom stereocenters. The number of nitrogens with one attached hydrogen (secondary N) is 1. The van der Waals surface area contributed by atoms with E-state index in [1.165, 1.54) is 5.56 Å². The molecular formula is C14H19ClN4. The first-order valence-electron chi connectivity index (χ1n) is 6.45. The maximum Gasteiger partial charge on any atom is 0.141 e. The second-order valence-electron chi connectivity index (χ2n) is 4.87. The van der Waals surface area contributed by atoms with Gasteiger partial charge in [0.1, 0.15) is 12.2 Å². The molecule has 0 amide bonds. The topological polar surface area (TPSA) is 42.7 Å². The van der Waals surface area contributed by atoms with Gasteiger partial charge >= 0.3 is 0 Å². The largest absolute Gasteiger partial charge is 0.303 e. The van der Waals surface area contributed by atoms with Crippen LogP contribution in [0.1, 0.15) is 44.2 Å². The van der Waals surface area contributed by atoms with E-state index in [0.717, 1.165) is 10.8 Å². The molecule has 1 aromatic carbocycles. The SMILES string of the molecule is CC(C)n1ncnc1CN[C@@H](C)c1cccc(Cl)c1. The third kappa shape index (κ3) is 3.55. The second-order valence-corrected chi connectivity index (χ2v) is 5.31. The molecule has 102 valence electrons. The third-order valence-electron chi connectivity index (χ3n) is 3.05. The van der Waals surface area contributed by atoms with Gasteiger partial charge in [-0.05, 0) is 38.5 Å². The highest BCUT2D eigenvalue weighted by Gasteiger charge is 2.10. The van der Waals surface area contributed by atoms with Gasteiger partial charge in [-0.15, -0.1) is 0 Å². The second kappa shape index (κ2) is 6.17. The molecular weight excluding hydrogens is 260 g/mol. The summed E-state index contributed by atoms with van der Waals surface area (Å²) in [6.07, 6.45) is 1.60. The van der Waals surface area contributed by atoms with Crippen LogP contribution in [-0.2, 0) is 6.54 Å². The average Bonchev–Trinajstić information content (AvgIpc) is 2.84. The van der Waals surface area contributed by atoms with Crippen molar-refractivity contribution in [2.45, 2.75) is 39.4 Å². The molecule has 4 nitrogen and oxygen atoms in total. The lowest BCUT2D eigenvalue weighted by Gasteiger charge is -2.15. The van der Waals surface area contributed by atoms with Gasteiger partial charge in [0.05, 0.1) is 6.54 Å². The maximum absolute atomic E-state index is 6.00. The molecule has 0 saturated carbocycles. The summed E-state index contributed by atoms with van der Waals surface area (Å²) in [7, 11) is 0. The number of hydrogen-bond acceptors (Lipinski definition) is 3. The van der Waals surface area contributed by atoms with Crippen LogP contribution < -0.4 is 5.32 Å². The molecule has 2 rings (SSSR count). The van der Waals surface area contributed by atoms with Crippen LogP contribution in [0.25, 0.3) is 0 Å². The standard InChI is InChI=1S/C14H19ClN4/c1-10(2)19-14(17-9-18-19)8-16-11(3)12-5-4-6-13(15)7-12/h4-7,9-11,16H,8H2,1-3H3/t11-/m0/s1. The summed E-state index contributed by atoms with van der Waals surface area (Å²) in [5.41, 5.74) is 1.17. The molecule has 19 heavy (non-hydrogen) atoms. The van der Waals surface area contributed by atoms with Crippen LogP contribution in [0.4, 0.5) is 0 Å². The van der Waals surface area contributed by atoms with Gasteiger partial charge in [0.2, 0.25) is 0 Å². The summed E-state index contributed by atoms with van der Waals surface area (Å²) in [6.45, 7) is 6.99. The molecule has 2 aromatic rings. The lowest BCUT2D eigenvalue weighted by atomic mass is 10.1. The minimum atomic E-state index is 0.219. The van der Waals surface area contributed by atoms with Gasteiger partial charge in [0.15, 0.2) is 0 Å². The van der Waals surface area contributed by atoms with Crippen LogP contribution in [0.5, 0.6) is 0 Å². The number of rotatable bonds is 5. The van der Waals surface area contributed by atoms with E-state index in [2.05, 4.69) is 42.2 Å². The van der Waals surface area contributed by atoms with Crippen molar-refractivity contribution in [1.82, 2.24) is 20.1 Å². The Bertz CT molecular complexity index is 536. The van der Waals surface area contributed by atoms with Gasteiger partial charge in [-0.25, -0.2) is 9.67 Å². The van der Waals surface area contributed by atoms with Gasteiger partial charge in [-0.3, -0.25) is 0 Å². The Balaban J connectivity index is 2.00. The minimum Gasteiger partial charge on any atom is -0.303 e. The minimum absolute atomic E-state index is 0.219. The number of hydrogen-bond donors (Lipinski definition) is 1. The molecule has 5 heteroatoms. The molecule has 0 aliphatic rings. The van der Waals surface area contributed by atoms with E-state index < -0.39 is 0 Å². The van der Waals surface area contributed by atoms with Crippen molar-refractivity contribution in [2.24, 2.45) is 0 Å². The van der Waals surface area contributed by atoms with E-state index in [1.807, 2.05) is 22.9 Å². The molecule has 0 spiro atoms. The summed E-state index contributed by atoms with van der Waals surface area (Å²) in [4.78, 5) is 4.28. The molecule has 0 aliphatic carbocycles. The summed E-state index contributed by atoms with van der Waals surface area (Å²) in [5.74, 6) is 0.948. The van der Waals surface area contributed by atoms with E-state index in [1.54, 1.807) is 6.33 Å². The maximum atomic E-state index is 6.00. The first-order valence-corrected chi connectivity index (χ1v) is 6.83. The van der Waals surface area contributed by atoms with Crippen molar-refractivity contribution < 1.29 is 0 Å². The van der Waals surface area contributed by atoms with Crippen LogP contribution in [0, 0.1) is 0 Å². The normalized spacial score (nSPS) is 12.9. The van der Waals surface area contributed by atoms with Gasteiger partial charge in [0.25, 0.3) is 0 Å². The van der Waals surface area contributed by atoms with Crippen LogP contribution in [0.3, 0.4) is 0 Å². The van der Waals surface area contributed by atoms with Crippen molar-refractivity contribution in [3.8, 4) is 0 Å². The molecule has 0 fully saturated rings. The van der Waals surface area contributed by atoms with Crippen molar-refractivity contribution in [3.05, 3.63) is 47.0 Å². The summed E-state index contributed by atoms with van der Waals surface area (Å²) < 4.78 is 1.93. The van der Waals surface area contributed by atoms with Crippen LogP contribution in [0.2, 0.25) is 5.02 Å². The Kier molecular flexibility index (Phi) is 4.56. The monoisotopic (exact) mass is 278 g/mol. The van der Waals surface area contributed by atoms with Crippen molar-refractivity contribution in [1.29, 1.82) is 0 Å². The Morgan fingerprint density at radius 1 is 1.32 bits per heavy atom. The number of halogens is 1. The lowest BCUT2D eigenvalue weighted by Crippen LogP contribution is -2.21. The van der Waals surface area contributed by atoms with Gasteiger partial charge in [-0.2, -0.15) is 5.10 Å². The molecule has 1 aromatic heterocycles. The summed E-state index contributed by atoms with van der Waals surface area (Å²) in [5, 5.41) is 8.43. The van der Waals surface area contributed by atoms with Crippen molar-refractivity contribution in [2.75, 3.05) is 0 Å². The van der Waals surface area contributed by atoms with Crippen molar-refractivity contribution in [3.63, 3.8) is 0 Å². The molecule has 1 N–H and O–H groups in total. The number of nitrogens with zero attached hydrogens (tertiary/aromatic N) is 3. The first kappa shape index (κ1) is 14.0. The Morgan fingerprint density at radius 2 is 2.11 bits per heavy atom. The van der Waals surface area contributed by atoms with E-state index in [0.29, 0.717) is 12.6 Å². The van der Waals surface area contributed by atoms with Crippen molar-refractivity contribution >= 4 is 11.6 Å². The highest BCUT2D eigenvalue weighted by molar-refractivity contribution is 6.30. The van der Waals surface area contributed by atoms with Crippen LogP contribution in [0.15, 0.2) is 30.6 Å². The fourth-order valence-corrected chi connectivity index (χ4v) is 2.17. The van der Waals surface area contributed by atoms with Crippen LogP contribution in [-0.4, -0.2) is 14.8 Å². The van der Waals surface area contributed by atoms with Gasteiger partial charge in [0, 0.05) is 17.1 Å². The van der Waals surface area contributed by atoms with E-state index in [-0.39, 0.29) is 6.04 Å². The molecule has 0 bridgehead atoms. The molecule has 1 heterocycles. The quantitative estimate of drug-likeness (QED) is 0.912. The fraction of sp³-hybridized carbons (Fsp3) is 0.429. The number of aromatic nitrogens is 3. The number of benzene rings is 1. The highest BCUT2D eigenvalue weighted by Crippen LogP contribution is 2.17.